The number of hydrogen-bond acceptors (Lipinski definition) is 1. The summed E-state index contributed by atoms with van der Waals surface area (Å²) in [6, 6.07) is 0. The minimum absolute atomic E-state index is 0. The Kier molecular flexibility index (Phi) is 2.70. The number of aliphatic carboxylic acids is 1. The van der Waals surface area contributed by atoms with Crippen molar-refractivity contribution in [3.05, 3.63) is 0 Å². The molecule has 4 aliphatic carbocycles. The molecule has 3 heteroatoms. The molecule has 14 heavy (non-hydrogen) atoms. The van der Waals surface area contributed by atoms with Crippen molar-refractivity contribution in [2.45, 2.75) is 32.1 Å². The third kappa shape index (κ3) is 1.44. The molecule has 4 rings (SSSR count). The van der Waals surface area contributed by atoms with Gasteiger partial charge in [-0.2, -0.15) is 0 Å². The van der Waals surface area contributed by atoms with Gasteiger partial charge in [0.05, 0.1) is 5.92 Å². The molecule has 0 aliphatic heterocycles. The summed E-state index contributed by atoms with van der Waals surface area (Å²) in [5, 5.41) is 9.15. The summed E-state index contributed by atoms with van der Waals surface area (Å²) in [7, 11) is 0. The minimum atomic E-state index is -0.520. The van der Waals surface area contributed by atoms with Crippen molar-refractivity contribution >= 4 is 5.97 Å². The zero-order valence-electron chi connectivity index (χ0n) is 9.78. The maximum atomic E-state index is 11.1. The SMILES string of the molecule is O=C(O)C1C2CC3CC(C2)CC1C3.[H-].[Li+]. The first-order valence-electron chi connectivity index (χ1n) is 5.47. The van der Waals surface area contributed by atoms with Crippen LogP contribution in [0.5, 0.6) is 0 Å². The number of carbonyl (C=O) groups is 1. The normalized spacial score (nSPS) is 48.7. The Hall–Kier alpha value is 0.0674. The average Bonchev–Trinajstić information content (AvgIpc) is 2.00. The van der Waals surface area contributed by atoms with Gasteiger partial charge in [0.2, 0.25) is 0 Å². The molecule has 0 aromatic rings. The van der Waals surface area contributed by atoms with Crippen molar-refractivity contribution in [1.82, 2.24) is 0 Å². The van der Waals surface area contributed by atoms with Gasteiger partial charge >= 0.3 is 24.8 Å². The monoisotopic (exact) mass is 188 g/mol. The molecule has 1 N–H and O–H groups in total. The van der Waals surface area contributed by atoms with Crippen LogP contribution in [-0.2, 0) is 4.79 Å². The summed E-state index contributed by atoms with van der Waals surface area (Å²) < 4.78 is 0. The quantitative estimate of drug-likeness (QED) is 0.550. The summed E-state index contributed by atoms with van der Waals surface area (Å²) >= 11 is 0. The van der Waals surface area contributed by atoms with E-state index >= 15 is 0 Å². The molecule has 4 aliphatic rings. The van der Waals surface area contributed by atoms with Gasteiger partial charge in [0, 0.05) is 0 Å². The molecule has 0 amide bonds. The number of hydrogen-bond donors (Lipinski definition) is 1. The van der Waals surface area contributed by atoms with Gasteiger partial charge in [0.15, 0.2) is 0 Å². The first-order chi connectivity index (χ1) is 6.24. The zero-order chi connectivity index (χ0) is 9.00. The Balaban J connectivity index is 0.000000562. The van der Waals surface area contributed by atoms with Gasteiger partial charge in [-0.1, -0.05) is 0 Å². The predicted molar refractivity (Wildman–Crippen MR) is 49.3 cm³/mol. The van der Waals surface area contributed by atoms with Crippen LogP contribution >= 0.6 is 0 Å². The standard InChI is InChI=1S/C11H16O2.Li.H/c12-11(13)10-8-2-6-1-7(4-8)5-9(10)3-6;;/h6-10H,1-5H2,(H,12,13);;/q;+1;-1. The van der Waals surface area contributed by atoms with Crippen molar-refractivity contribution in [2.24, 2.45) is 29.6 Å². The summed E-state index contributed by atoms with van der Waals surface area (Å²) in [5.41, 5.74) is 0. The number of carboxylic acids is 1. The Bertz CT molecular complexity index is 229. The van der Waals surface area contributed by atoms with Crippen LogP contribution < -0.4 is 18.9 Å². The molecule has 4 bridgehead atoms. The topological polar surface area (TPSA) is 37.3 Å². The van der Waals surface area contributed by atoms with E-state index in [9.17, 15) is 4.79 Å². The molecular formula is C11H17LiO2. The van der Waals surface area contributed by atoms with E-state index in [1.165, 1.54) is 32.1 Å². The van der Waals surface area contributed by atoms with Gasteiger partial charge in [-0.25, -0.2) is 0 Å². The van der Waals surface area contributed by atoms with Crippen LogP contribution in [0.3, 0.4) is 0 Å². The fourth-order valence-corrected chi connectivity index (χ4v) is 4.33. The molecule has 4 fully saturated rings. The van der Waals surface area contributed by atoms with Gasteiger partial charge < -0.3 is 6.53 Å². The second kappa shape index (κ2) is 3.58. The first kappa shape index (κ1) is 10.6. The van der Waals surface area contributed by atoms with Crippen LogP contribution in [0, 0.1) is 29.6 Å². The molecular weight excluding hydrogens is 171 g/mol. The van der Waals surface area contributed by atoms with Gasteiger partial charge in [-0.3, -0.25) is 4.79 Å². The van der Waals surface area contributed by atoms with E-state index in [1.807, 2.05) is 0 Å². The summed E-state index contributed by atoms with van der Waals surface area (Å²) in [6.07, 6.45) is 6.25. The second-order valence-corrected chi connectivity index (χ2v) is 5.29. The summed E-state index contributed by atoms with van der Waals surface area (Å²) in [5.74, 6) is 2.35. The third-order valence-electron chi connectivity index (χ3n) is 4.51. The van der Waals surface area contributed by atoms with Gasteiger partial charge in [0.25, 0.3) is 0 Å². The van der Waals surface area contributed by atoms with Crippen molar-refractivity contribution < 1.29 is 30.2 Å². The number of carboxylic acid groups (broad SMARTS) is 1. The molecule has 0 atom stereocenters. The molecule has 0 aromatic heterocycles. The van der Waals surface area contributed by atoms with E-state index in [0.717, 1.165) is 11.8 Å². The molecule has 0 aromatic carbocycles. The van der Waals surface area contributed by atoms with Gasteiger partial charge in [0.1, 0.15) is 0 Å². The van der Waals surface area contributed by atoms with E-state index < -0.39 is 5.97 Å². The van der Waals surface area contributed by atoms with Crippen molar-refractivity contribution in [3.8, 4) is 0 Å². The van der Waals surface area contributed by atoms with Crippen molar-refractivity contribution in [3.63, 3.8) is 0 Å². The number of rotatable bonds is 1. The van der Waals surface area contributed by atoms with Crippen LogP contribution in [-0.4, -0.2) is 11.1 Å². The molecule has 74 valence electrons. The maximum absolute atomic E-state index is 11.1. The molecule has 2 nitrogen and oxygen atoms in total. The van der Waals surface area contributed by atoms with E-state index in [0.29, 0.717) is 11.8 Å². The zero-order valence-corrected chi connectivity index (χ0v) is 8.78. The van der Waals surface area contributed by atoms with Gasteiger partial charge in [-0.05, 0) is 55.8 Å². The van der Waals surface area contributed by atoms with Crippen LogP contribution in [0.1, 0.15) is 33.5 Å². The first-order valence-corrected chi connectivity index (χ1v) is 5.47. The Morgan fingerprint density at radius 1 is 1.00 bits per heavy atom. The van der Waals surface area contributed by atoms with Gasteiger partial charge in [-0.15, -0.1) is 0 Å². The second-order valence-electron chi connectivity index (χ2n) is 5.29. The van der Waals surface area contributed by atoms with Crippen molar-refractivity contribution in [2.75, 3.05) is 0 Å². The Morgan fingerprint density at radius 2 is 1.43 bits per heavy atom. The van der Waals surface area contributed by atoms with Crippen LogP contribution in [0.4, 0.5) is 0 Å². The minimum Gasteiger partial charge on any atom is -1.00 e. The van der Waals surface area contributed by atoms with E-state index in [1.54, 1.807) is 0 Å². The Morgan fingerprint density at radius 3 is 1.79 bits per heavy atom. The predicted octanol–water partition coefficient (Wildman–Crippen LogP) is -0.740. The third-order valence-corrected chi connectivity index (χ3v) is 4.51. The fraction of sp³-hybridized carbons (Fsp3) is 0.909. The average molecular weight is 188 g/mol. The maximum Gasteiger partial charge on any atom is 1.00 e. The van der Waals surface area contributed by atoms with E-state index in [4.69, 9.17) is 5.11 Å². The van der Waals surface area contributed by atoms with Crippen LogP contribution in [0.2, 0.25) is 0 Å². The molecule has 0 spiro atoms. The van der Waals surface area contributed by atoms with Crippen molar-refractivity contribution in [1.29, 1.82) is 0 Å². The fourth-order valence-electron chi connectivity index (χ4n) is 4.33. The van der Waals surface area contributed by atoms with Crippen LogP contribution in [0.25, 0.3) is 0 Å². The summed E-state index contributed by atoms with van der Waals surface area (Å²) in [6.45, 7) is 0. The molecule has 0 radical (unpaired) electrons. The molecule has 0 saturated heterocycles. The van der Waals surface area contributed by atoms with Crippen LogP contribution in [0.15, 0.2) is 0 Å². The molecule has 4 saturated carbocycles. The Labute approximate surface area is 98.1 Å². The summed E-state index contributed by atoms with van der Waals surface area (Å²) in [4.78, 5) is 11.1. The molecule has 0 unspecified atom stereocenters. The smallest absolute Gasteiger partial charge is 1.00 e. The molecule has 0 heterocycles. The largest absolute Gasteiger partial charge is 1.00 e. The van der Waals surface area contributed by atoms with E-state index in [2.05, 4.69) is 0 Å². The van der Waals surface area contributed by atoms with E-state index in [-0.39, 0.29) is 26.2 Å².